The summed E-state index contributed by atoms with van der Waals surface area (Å²) in [4.78, 5) is 0. The summed E-state index contributed by atoms with van der Waals surface area (Å²) in [7, 11) is 0. The summed E-state index contributed by atoms with van der Waals surface area (Å²) < 4.78 is 0. The summed E-state index contributed by atoms with van der Waals surface area (Å²) in [5.41, 5.74) is 0.0343. The first-order valence-electron chi connectivity index (χ1n) is 13.1. The van der Waals surface area contributed by atoms with E-state index < -0.39 is 0 Å². The van der Waals surface area contributed by atoms with Crippen LogP contribution in [0.5, 0.6) is 0 Å². The number of unbranched alkanes of at least 4 members (excludes halogenated alkanes) is 2. The number of nitriles is 1. The van der Waals surface area contributed by atoms with E-state index in [1.165, 1.54) is 116 Å². The number of hydrogen-bond acceptors (Lipinski definition) is 1. The fourth-order valence-corrected chi connectivity index (χ4v) is 7.35. The summed E-state index contributed by atoms with van der Waals surface area (Å²) in [6, 6.07) is 2.82. The molecule has 0 aromatic carbocycles. The van der Waals surface area contributed by atoms with Gasteiger partial charge < -0.3 is 0 Å². The Labute approximate surface area is 176 Å². The SMILES string of the molecule is CCCCCC1(C#N)CCCC([C@H]2CC[C@H]([C@H]3CC[C@H](CCC)CC3)CC2)C1. The highest BCUT2D eigenvalue weighted by Crippen LogP contribution is 2.50. The minimum atomic E-state index is 0.0343. The van der Waals surface area contributed by atoms with Crippen molar-refractivity contribution < 1.29 is 0 Å². The zero-order valence-electron chi connectivity index (χ0n) is 19.1. The van der Waals surface area contributed by atoms with Crippen LogP contribution in [0.4, 0.5) is 0 Å². The first kappa shape index (κ1) is 22.2. The number of rotatable bonds is 8. The Bertz CT molecular complexity index is 475. The molecule has 3 rings (SSSR count). The Morgan fingerprint density at radius 3 is 1.93 bits per heavy atom. The maximum Gasteiger partial charge on any atom is 0.0689 e. The predicted molar refractivity (Wildman–Crippen MR) is 120 cm³/mol. The van der Waals surface area contributed by atoms with Crippen molar-refractivity contribution in [2.24, 2.45) is 35.0 Å². The van der Waals surface area contributed by atoms with Gasteiger partial charge in [-0.25, -0.2) is 0 Å². The van der Waals surface area contributed by atoms with E-state index >= 15 is 0 Å². The fraction of sp³-hybridized carbons (Fsp3) is 0.963. The smallest absolute Gasteiger partial charge is 0.0689 e. The van der Waals surface area contributed by atoms with Gasteiger partial charge in [0.05, 0.1) is 11.5 Å². The van der Waals surface area contributed by atoms with Crippen LogP contribution in [0.2, 0.25) is 0 Å². The van der Waals surface area contributed by atoms with Crippen molar-refractivity contribution in [2.75, 3.05) is 0 Å². The van der Waals surface area contributed by atoms with Crippen LogP contribution in [-0.4, -0.2) is 0 Å². The van der Waals surface area contributed by atoms with Gasteiger partial charge in [0.25, 0.3) is 0 Å². The molecule has 0 aliphatic heterocycles. The van der Waals surface area contributed by atoms with Crippen LogP contribution < -0.4 is 0 Å². The molecular weight excluding hydrogens is 338 g/mol. The van der Waals surface area contributed by atoms with E-state index in [0.717, 1.165) is 29.6 Å². The second kappa shape index (κ2) is 11.0. The van der Waals surface area contributed by atoms with Gasteiger partial charge in [0, 0.05) is 0 Å². The van der Waals surface area contributed by atoms with Crippen LogP contribution in [0.1, 0.15) is 129 Å². The van der Waals surface area contributed by atoms with Crippen molar-refractivity contribution in [1.82, 2.24) is 0 Å². The molecule has 0 heterocycles. The lowest BCUT2D eigenvalue weighted by Gasteiger charge is -2.43. The summed E-state index contributed by atoms with van der Waals surface area (Å²) in [5, 5.41) is 9.98. The first-order valence-corrected chi connectivity index (χ1v) is 13.1. The third kappa shape index (κ3) is 5.77. The van der Waals surface area contributed by atoms with Gasteiger partial charge in [-0.1, -0.05) is 71.6 Å². The van der Waals surface area contributed by atoms with Crippen LogP contribution in [0.25, 0.3) is 0 Å². The van der Waals surface area contributed by atoms with Gasteiger partial charge in [-0.2, -0.15) is 5.26 Å². The van der Waals surface area contributed by atoms with Crippen LogP contribution >= 0.6 is 0 Å². The summed E-state index contributed by atoms with van der Waals surface area (Å²) in [6.45, 7) is 4.63. The van der Waals surface area contributed by atoms with Gasteiger partial charge in [0.2, 0.25) is 0 Å². The Kier molecular flexibility index (Phi) is 8.74. The molecule has 0 radical (unpaired) electrons. The van der Waals surface area contributed by atoms with Gasteiger partial charge in [0.1, 0.15) is 0 Å². The molecule has 0 aromatic rings. The Morgan fingerprint density at radius 1 is 0.750 bits per heavy atom. The summed E-state index contributed by atoms with van der Waals surface area (Å²) in [5.74, 6) is 4.93. The molecule has 2 unspecified atom stereocenters. The van der Waals surface area contributed by atoms with E-state index in [2.05, 4.69) is 19.9 Å². The summed E-state index contributed by atoms with van der Waals surface area (Å²) in [6.07, 6.45) is 25.0. The highest BCUT2D eigenvalue weighted by Gasteiger charge is 2.40. The molecule has 0 amide bonds. The molecule has 3 aliphatic carbocycles. The van der Waals surface area contributed by atoms with E-state index in [1.807, 2.05) is 0 Å². The van der Waals surface area contributed by atoms with E-state index in [4.69, 9.17) is 0 Å². The molecule has 0 spiro atoms. The maximum absolute atomic E-state index is 9.98. The topological polar surface area (TPSA) is 23.8 Å². The monoisotopic (exact) mass is 385 g/mol. The minimum absolute atomic E-state index is 0.0343. The lowest BCUT2D eigenvalue weighted by atomic mass is 9.61. The van der Waals surface area contributed by atoms with Crippen LogP contribution in [-0.2, 0) is 0 Å². The van der Waals surface area contributed by atoms with Crippen molar-refractivity contribution >= 4 is 0 Å². The fourth-order valence-electron chi connectivity index (χ4n) is 7.35. The van der Waals surface area contributed by atoms with Crippen LogP contribution in [0, 0.1) is 46.3 Å². The molecular formula is C27H47N. The summed E-state index contributed by atoms with van der Waals surface area (Å²) >= 11 is 0. The average molecular weight is 386 g/mol. The van der Waals surface area contributed by atoms with Crippen molar-refractivity contribution in [3.63, 3.8) is 0 Å². The molecule has 0 aromatic heterocycles. The molecule has 1 heteroatoms. The lowest BCUT2D eigenvalue weighted by molar-refractivity contribution is 0.0814. The second-order valence-corrected chi connectivity index (χ2v) is 11.0. The van der Waals surface area contributed by atoms with Crippen LogP contribution in [0.3, 0.4) is 0 Å². The Balaban J connectivity index is 1.45. The quantitative estimate of drug-likeness (QED) is 0.383. The number of hydrogen-bond donors (Lipinski definition) is 0. The van der Waals surface area contributed by atoms with Crippen molar-refractivity contribution in [3.05, 3.63) is 0 Å². The highest BCUT2D eigenvalue weighted by molar-refractivity contribution is 5.03. The van der Waals surface area contributed by atoms with Crippen LogP contribution in [0.15, 0.2) is 0 Å². The van der Waals surface area contributed by atoms with E-state index in [9.17, 15) is 5.26 Å². The normalized spacial score (nSPS) is 39.4. The van der Waals surface area contributed by atoms with Gasteiger partial charge in [-0.05, 0) is 87.4 Å². The molecule has 28 heavy (non-hydrogen) atoms. The van der Waals surface area contributed by atoms with E-state index in [1.54, 1.807) is 0 Å². The molecule has 3 fully saturated rings. The van der Waals surface area contributed by atoms with Crippen molar-refractivity contribution in [3.8, 4) is 6.07 Å². The average Bonchev–Trinajstić information content (AvgIpc) is 2.75. The Hall–Kier alpha value is -0.510. The van der Waals surface area contributed by atoms with Gasteiger partial charge in [-0.3, -0.25) is 0 Å². The highest BCUT2D eigenvalue weighted by atomic mass is 14.5. The zero-order chi connectivity index (χ0) is 19.8. The number of nitrogens with zero attached hydrogens (tertiary/aromatic N) is 1. The molecule has 3 aliphatic rings. The third-order valence-electron chi connectivity index (χ3n) is 9.12. The van der Waals surface area contributed by atoms with Crippen molar-refractivity contribution in [1.29, 1.82) is 5.26 Å². The Morgan fingerprint density at radius 2 is 1.36 bits per heavy atom. The van der Waals surface area contributed by atoms with E-state index in [-0.39, 0.29) is 5.41 Å². The molecule has 0 bridgehead atoms. The molecule has 0 N–H and O–H groups in total. The van der Waals surface area contributed by atoms with Crippen molar-refractivity contribution in [2.45, 2.75) is 129 Å². The third-order valence-corrected chi connectivity index (χ3v) is 9.12. The molecule has 0 saturated heterocycles. The first-order chi connectivity index (χ1) is 13.7. The standard InChI is InChI=1S/C27H47N/c1-3-5-6-18-27(21-28)19-7-9-26(20-27)25-16-14-24(15-17-25)23-12-10-22(8-4-2)11-13-23/h22-26H,3-20H2,1-2H3/t22-,23-,24-,25-,26?,27?. The maximum atomic E-state index is 9.98. The molecule has 160 valence electrons. The lowest BCUT2D eigenvalue weighted by Crippen LogP contribution is -2.34. The van der Waals surface area contributed by atoms with Gasteiger partial charge in [0.15, 0.2) is 0 Å². The predicted octanol–water partition coefficient (Wildman–Crippen LogP) is 8.68. The zero-order valence-corrected chi connectivity index (χ0v) is 19.1. The minimum Gasteiger partial charge on any atom is -0.198 e. The van der Waals surface area contributed by atoms with E-state index in [0.29, 0.717) is 0 Å². The molecule has 3 saturated carbocycles. The van der Waals surface area contributed by atoms with Gasteiger partial charge in [-0.15, -0.1) is 0 Å². The molecule has 1 nitrogen and oxygen atoms in total. The second-order valence-electron chi connectivity index (χ2n) is 11.0. The molecule has 2 atom stereocenters. The largest absolute Gasteiger partial charge is 0.198 e. The van der Waals surface area contributed by atoms with Gasteiger partial charge >= 0.3 is 0 Å².